The summed E-state index contributed by atoms with van der Waals surface area (Å²) in [5.74, 6) is 1.01. The number of guanidine groups is 1. The van der Waals surface area contributed by atoms with Gasteiger partial charge in [0.25, 0.3) is 5.95 Å². The smallest absolute Gasteiger partial charge is 0.294 e. The summed E-state index contributed by atoms with van der Waals surface area (Å²) in [5, 5.41) is 6.47. The van der Waals surface area contributed by atoms with Gasteiger partial charge < -0.3 is 0 Å². The number of hydrogen-bond acceptors (Lipinski definition) is 4. The molecule has 2 amide bonds. The predicted molar refractivity (Wildman–Crippen MR) is 93.1 cm³/mol. The maximum Gasteiger partial charge on any atom is 0.386 e. The van der Waals surface area contributed by atoms with Gasteiger partial charge >= 0.3 is 12.0 Å². The molecule has 0 unspecified atom stereocenters. The monoisotopic (exact) mass is 345 g/mol. The third-order valence-corrected chi connectivity index (χ3v) is 3.67. The van der Waals surface area contributed by atoms with Crippen molar-refractivity contribution in [1.29, 1.82) is 0 Å². The first-order chi connectivity index (χ1) is 11.5. The Balaban J connectivity index is 1.71. The van der Waals surface area contributed by atoms with E-state index in [1.165, 1.54) is 0 Å². The van der Waals surface area contributed by atoms with E-state index in [4.69, 9.17) is 11.6 Å². The highest BCUT2D eigenvalue weighted by Gasteiger charge is 2.32. The van der Waals surface area contributed by atoms with Crippen LogP contribution >= 0.6 is 11.6 Å². The average molecular weight is 346 g/mol. The van der Waals surface area contributed by atoms with E-state index in [0.717, 1.165) is 11.4 Å². The number of amides is 2. The highest BCUT2D eigenvalue weighted by atomic mass is 35.5. The van der Waals surface area contributed by atoms with E-state index in [1.54, 1.807) is 29.2 Å². The molecule has 1 aromatic heterocycles. The zero-order valence-corrected chi connectivity index (χ0v) is 14.2. The van der Waals surface area contributed by atoms with Crippen LogP contribution in [0.4, 0.5) is 16.4 Å². The highest BCUT2D eigenvalue weighted by Crippen LogP contribution is 2.15. The van der Waals surface area contributed by atoms with Gasteiger partial charge in [0.1, 0.15) is 6.54 Å². The van der Waals surface area contributed by atoms with E-state index in [1.807, 2.05) is 19.9 Å². The minimum atomic E-state index is -0.255. The lowest BCUT2D eigenvalue weighted by atomic mass is 10.3. The van der Waals surface area contributed by atoms with Crippen LogP contribution in [0.3, 0.4) is 0 Å². The van der Waals surface area contributed by atoms with Gasteiger partial charge in [-0.2, -0.15) is 4.90 Å². The number of nitrogens with one attached hydrogen (secondary N) is 3. The van der Waals surface area contributed by atoms with E-state index >= 15 is 0 Å². The van der Waals surface area contributed by atoms with Gasteiger partial charge in [-0.25, -0.2) is 20.1 Å². The fourth-order valence-electron chi connectivity index (χ4n) is 2.45. The SMILES string of the molecule is Cc1cc(C)nc(NC2=[NH+]CCN2C(=O)Nc2cccc(Cl)c2)n1. The summed E-state index contributed by atoms with van der Waals surface area (Å²) in [7, 11) is 0. The van der Waals surface area contributed by atoms with Crippen molar-refractivity contribution in [3.8, 4) is 0 Å². The maximum atomic E-state index is 12.5. The Hall–Kier alpha value is -2.67. The van der Waals surface area contributed by atoms with E-state index < -0.39 is 0 Å². The second kappa shape index (κ2) is 6.84. The summed E-state index contributed by atoms with van der Waals surface area (Å²) in [6.07, 6.45) is 0. The van der Waals surface area contributed by atoms with Crippen molar-refractivity contribution in [2.24, 2.45) is 0 Å². The fourth-order valence-corrected chi connectivity index (χ4v) is 2.64. The summed E-state index contributed by atoms with van der Waals surface area (Å²) >= 11 is 5.94. The van der Waals surface area contributed by atoms with Crippen molar-refractivity contribution in [2.45, 2.75) is 13.8 Å². The molecule has 2 heterocycles. The van der Waals surface area contributed by atoms with Crippen LogP contribution in [0.2, 0.25) is 5.02 Å². The molecule has 3 N–H and O–H groups in total. The molecule has 0 radical (unpaired) electrons. The lowest BCUT2D eigenvalue weighted by Crippen LogP contribution is -2.72. The third-order valence-electron chi connectivity index (χ3n) is 3.43. The topological polar surface area (TPSA) is 84.1 Å². The van der Waals surface area contributed by atoms with Crippen LogP contribution in [0.1, 0.15) is 11.4 Å². The molecule has 0 fully saturated rings. The largest absolute Gasteiger partial charge is 0.386 e. The van der Waals surface area contributed by atoms with Crippen LogP contribution in [-0.4, -0.2) is 39.9 Å². The molecular weight excluding hydrogens is 328 g/mol. The molecule has 0 atom stereocenters. The Labute approximate surface area is 144 Å². The van der Waals surface area contributed by atoms with Crippen molar-refractivity contribution in [3.05, 3.63) is 46.7 Å². The molecule has 8 heteroatoms. The van der Waals surface area contributed by atoms with Gasteiger partial charge in [0, 0.05) is 22.1 Å². The normalized spacial score (nSPS) is 13.6. The zero-order valence-electron chi connectivity index (χ0n) is 13.4. The van der Waals surface area contributed by atoms with Gasteiger partial charge in [-0.3, -0.25) is 10.3 Å². The van der Waals surface area contributed by atoms with Crippen molar-refractivity contribution in [1.82, 2.24) is 14.9 Å². The molecule has 0 saturated carbocycles. The number of aryl methyl sites for hydroxylation is 2. The maximum absolute atomic E-state index is 12.5. The lowest BCUT2D eigenvalue weighted by Gasteiger charge is -2.13. The van der Waals surface area contributed by atoms with E-state index in [9.17, 15) is 4.79 Å². The molecule has 1 aliphatic heterocycles. The molecule has 1 aromatic carbocycles. The van der Waals surface area contributed by atoms with Gasteiger partial charge in [-0.05, 0) is 38.1 Å². The zero-order chi connectivity index (χ0) is 17.1. The quantitative estimate of drug-likeness (QED) is 0.762. The first-order valence-corrected chi connectivity index (χ1v) is 7.93. The van der Waals surface area contributed by atoms with Crippen LogP contribution in [0, 0.1) is 13.8 Å². The molecule has 0 bridgehead atoms. The lowest BCUT2D eigenvalue weighted by molar-refractivity contribution is -0.444. The van der Waals surface area contributed by atoms with Gasteiger partial charge in [-0.15, -0.1) is 0 Å². The number of carbonyl (C=O) groups excluding carboxylic acids is 1. The number of hydrogen-bond donors (Lipinski definition) is 3. The predicted octanol–water partition coefficient (Wildman–Crippen LogP) is 1.14. The number of anilines is 2. The summed E-state index contributed by atoms with van der Waals surface area (Å²) in [4.78, 5) is 25.9. The van der Waals surface area contributed by atoms with Crippen LogP contribution < -0.4 is 15.6 Å². The Morgan fingerprint density at radius 3 is 2.71 bits per heavy atom. The number of aromatic nitrogens is 2. The highest BCUT2D eigenvalue weighted by molar-refractivity contribution is 6.30. The van der Waals surface area contributed by atoms with Gasteiger partial charge in [0.15, 0.2) is 0 Å². The molecular formula is C16H18ClN6O+. The number of halogens is 1. The van der Waals surface area contributed by atoms with Crippen molar-refractivity contribution in [2.75, 3.05) is 23.7 Å². The summed E-state index contributed by atoms with van der Waals surface area (Å²) in [5.41, 5.74) is 2.36. The first kappa shape index (κ1) is 16.2. The minimum Gasteiger partial charge on any atom is -0.294 e. The Morgan fingerprint density at radius 2 is 2.00 bits per heavy atom. The van der Waals surface area contributed by atoms with E-state index in [-0.39, 0.29) is 6.03 Å². The number of carbonyl (C=O) groups is 1. The summed E-state index contributed by atoms with van der Waals surface area (Å²) < 4.78 is 0. The molecule has 0 aliphatic carbocycles. The summed E-state index contributed by atoms with van der Waals surface area (Å²) in [6.45, 7) is 4.99. The van der Waals surface area contributed by atoms with Crippen LogP contribution in [0.25, 0.3) is 0 Å². The summed E-state index contributed by atoms with van der Waals surface area (Å²) in [6, 6.07) is 8.66. The van der Waals surface area contributed by atoms with Gasteiger partial charge in [-0.1, -0.05) is 17.7 Å². The van der Waals surface area contributed by atoms with Crippen LogP contribution in [0.5, 0.6) is 0 Å². The molecule has 0 saturated heterocycles. The molecule has 24 heavy (non-hydrogen) atoms. The number of urea groups is 1. The number of nitrogens with zero attached hydrogens (tertiary/aromatic N) is 3. The van der Waals surface area contributed by atoms with Crippen LogP contribution in [0.15, 0.2) is 30.3 Å². The standard InChI is InChI=1S/C16H17ClN6O/c1-10-8-11(2)20-14(19-10)22-15-18-6-7-23(15)16(24)21-13-5-3-4-12(17)9-13/h3-5,8-9H,6-7H2,1-2H3,(H,21,24)(H,18,19,20,22)/p+1. The van der Waals surface area contributed by atoms with Gasteiger partial charge in [0.2, 0.25) is 0 Å². The molecule has 2 aromatic rings. The average Bonchev–Trinajstić information content (AvgIpc) is 2.94. The molecule has 1 aliphatic rings. The van der Waals surface area contributed by atoms with Gasteiger partial charge in [0.05, 0.1) is 6.54 Å². The first-order valence-electron chi connectivity index (χ1n) is 7.55. The van der Waals surface area contributed by atoms with Crippen LogP contribution in [-0.2, 0) is 0 Å². The van der Waals surface area contributed by atoms with E-state index in [2.05, 4.69) is 25.6 Å². The molecule has 3 rings (SSSR count). The molecule has 124 valence electrons. The van der Waals surface area contributed by atoms with Crippen molar-refractivity contribution in [3.63, 3.8) is 0 Å². The number of rotatable bonds is 2. The van der Waals surface area contributed by atoms with Crippen molar-refractivity contribution >= 4 is 35.2 Å². The number of benzene rings is 1. The van der Waals surface area contributed by atoms with Crippen molar-refractivity contribution < 1.29 is 9.79 Å². The Kier molecular flexibility index (Phi) is 4.61. The molecule has 0 spiro atoms. The molecule has 7 nitrogen and oxygen atoms in total. The second-order valence-electron chi connectivity index (χ2n) is 5.47. The van der Waals surface area contributed by atoms with E-state index in [0.29, 0.717) is 35.7 Å². The third kappa shape index (κ3) is 3.80. The Bertz CT molecular complexity index is 787. The Morgan fingerprint density at radius 1 is 1.25 bits per heavy atom. The minimum absolute atomic E-state index is 0.255. The second-order valence-corrected chi connectivity index (χ2v) is 5.90. The fraction of sp³-hybridized carbons (Fsp3) is 0.250.